The first-order chi connectivity index (χ1) is 6.90. The highest BCUT2D eigenvalue weighted by molar-refractivity contribution is 5.92. The lowest BCUT2D eigenvalue weighted by molar-refractivity contribution is 0.0443. The van der Waals surface area contributed by atoms with Gasteiger partial charge < -0.3 is 14.4 Å². The molecule has 15 heavy (non-hydrogen) atoms. The van der Waals surface area contributed by atoms with E-state index >= 15 is 0 Å². The zero-order valence-electron chi connectivity index (χ0n) is 9.44. The maximum Gasteiger partial charge on any atom is 0.291 e. The van der Waals surface area contributed by atoms with Crippen LogP contribution in [0.15, 0.2) is 10.8 Å². The summed E-state index contributed by atoms with van der Waals surface area (Å²) in [6.45, 7) is 5.14. The van der Waals surface area contributed by atoms with Crippen molar-refractivity contribution in [2.75, 3.05) is 13.7 Å². The third-order valence-electron chi connectivity index (χ3n) is 2.54. The Morgan fingerprint density at radius 1 is 1.67 bits per heavy atom. The van der Waals surface area contributed by atoms with Gasteiger partial charge in [0.05, 0.1) is 17.8 Å². The van der Waals surface area contributed by atoms with Gasteiger partial charge in [-0.05, 0) is 20.8 Å². The summed E-state index contributed by atoms with van der Waals surface area (Å²) in [6.07, 6.45) is 1.24. The number of amides is 1. The van der Waals surface area contributed by atoms with E-state index in [2.05, 4.69) is 4.98 Å². The SMILES string of the molecule is Cc1ncoc1C(=O)N(C)C(C)(C)CO. The van der Waals surface area contributed by atoms with E-state index in [1.54, 1.807) is 27.8 Å². The number of hydrogen-bond acceptors (Lipinski definition) is 4. The maximum absolute atomic E-state index is 11.9. The monoisotopic (exact) mass is 212 g/mol. The topological polar surface area (TPSA) is 66.6 Å². The average molecular weight is 212 g/mol. The first kappa shape index (κ1) is 11.7. The summed E-state index contributed by atoms with van der Waals surface area (Å²) in [5.74, 6) is -0.0527. The molecule has 0 aromatic carbocycles. The molecule has 1 aromatic heterocycles. The summed E-state index contributed by atoms with van der Waals surface area (Å²) >= 11 is 0. The van der Waals surface area contributed by atoms with Crippen LogP contribution in [0.5, 0.6) is 0 Å². The van der Waals surface area contributed by atoms with Gasteiger partial charge >= 0.3 is 0 Å². The second kappa shape index (κ2) is 4.02. The highest BCUT2D eigenvalue weighted by Crippen LogP contribution is 2.16. The molecular formula is C10H16N2O3. The molecule has 0 aliphatic rings. The normalized spacial score (nSPS) is 11.5. The standard InChI is InChI=1S/C10H16N2O3/c1-7-8(15-6-11-7)9(14)12(4)10(2,3)5-13/h6,13H,5H2,1-4H3. The first-order valence-electron chi connectivity index (χ1n) is 4.69. The molecule has 1 heterocycles. The fourth-order valence-electron chi connectivity index (χ4n) is 1.04. The summed E-state index contributed by atoms with van der Waals surface area (Å²) in [5.41, 5.74) is -0.0587. The Morgan fingerprint density at radius 2 is 2.27 bits per heavy atom. The number of hydrogen-bond donors (Lipinski definition) is 1. The minimum atomic E-state index is -0.615. The minimum Gasteiger partial charge on any atom is -0.438 e. The lowest BCUT2D eigenvalue weighted by Gasteiger charge is -2.33. The van der Waals surface area contributed by atoms with E-state index in [1.807, 2.05) is 0 Å². The minimum absolute atomic E-state index is 0.109. The van der Waals surface area contributed by atoms with Gasteiger partial charge in [-0.25, -0.2) is 4.98 Å². The van der Waals surface area contributed by atoms with E-state index in [0.29, 0.717) is 5.69 Å². The van der Waals surface area contributed by atoms with E-state index in [4.69, 9.17) is 9.52 Å². The number of rotatable bonds is 3. The molecule has 0 radical (unpaired) electrons. The Morgan fingerprint density at radius 3 is 2.67 bits per heavy atom. The Kier molecular flexibility index (Phi) is 3.14. The van der Waals surface area contributed by atoms with E-state index in [1.165, 1.54) is 11.3 Å². The van der Waals surface area contributed by atoms with Crippen LogP contribution in [-0.4, -0.2) is 40.1 Å². The number of carbonyl (C=O) groups is 1. The summed E-state index contributed by atoms with van der Waals surface area (Å²) in [6, 6.07) is 0. The molecule has 0 spiro atoms. The smallest absolute Gasteiger partial charge is 0.291 e. The predicted octanol–water partition coefficient (Wildman–Crippen LogP) is 0.826. The van der Waals surface area contributed by atoms with E-state index in [9.17, 15) is 4.79 Å². The van der Waals surface area contributed by atoms with Gasteiger partial charge in [0.2, 0.25) is 5.76 Å². The third kappa shape index (κ3) is 2.18. The van der Waals surface area contributed by atoms with Gasteiger partial charge in [0, 0.05) is 7.05 Å². The van der Waals surface area contributed by atoms with Gasteiger partial charge in [-0.3, -0.25) is 4.79 Å². The lowest BCUT2D eigenvalue weighted by Crippen LogP contribution is -2.47. The molecule has 1 amide bonds. The Hall–Kier alpha value is -1.36. The van der Waals surface area contributed by atoms with Gasteiger partial charge in [-0.2, -0.15) is 0 Å². The van der Waals surface area contributed by atoms with Crippen molar-refractivity contribution in [2.24, 2.45) is 0 Å². The molecule has 0 saturated heterocycles. The fraction of sp³-hybridized carbons (Fsp3) is 0.600. The van der Waals surface area contributed by atoms with E-state index in [0.717, 1.165) is 0 Å². The molecule has 5 nitrogen and oxygen atoms in total. The van der Waals surface area contributed by atoms with Crippen molar-refractivity contribution in [3.8, 4) is 0 Å². The van der Waals surface area contributed by atoms with Gasteiger partial charge in [0.15, 0.2) is 6.39 Å². The van der Waals surface area contributed by atoms with Crippen molar-refractivity contribution >= 4 is 5.91 Å². The Balaban J connectivity index is 2.92. The second-order valence-corrected chi connectivity index (χ2v) is 4.10. The third-order valence-corrected chi connectivity index (χ3v) is 2.54. The summed E-state index contributed by atoms with van der Waals surface area (Å²) in [5, 5.41) is 9.14. The maximum atomic E-state index is 11.9. The van der Waals surface area contributed by atoms with Crippen molar-refractivity contribution < 1.29 is 14.3 Å². The van der Waals surface area contributed by atoms with Gasteiger partial charge in [0.25, 0.3) is 5.91 Å². The number of aryl methyl sites for hydroxylation is 1. The number of nitrogens with zero attached hydrogens (tertiary/aromatic N) is 2. The number of aromatic nitrogens is 1. The molecule has 0 unspecified atom stereocenters. The summed E-state index contributed by atoms with van der Waals surface area (Å²) in [7, 11) is 1.63. The summed E-state index contributed by atoms with van der Waals surface area (Å²) < 4.78 is 5.00. The van der Waals surface area contributed by atoms with E-state index < -0.39 is 5.54 Å². The lowest BCUT2D eigenvalue weighted by atomic mass is 10.0. The average Bonchev–Trinajstić information content (AvgIpc) is 2.62. The van der Waals surface area contributed by atoms with Gasteiger partial charge in [0.1, 0.15) is 0 Å². The molecule has 0 aliphatic heterocycles. The molecule has 0 atom stereocenters. The fourth-order valence-corrected chi connectivity index (χ4v) is 1.04. The van der Waals surface area contributed by atoms with Crippen molar-refractivity contribution in [1.82, 2.24) is 9.88 Å². The molecule has 0 saturated carbocycles. The van der Waals surface area contributed by atoms with Crippen LogP contribution in [0.4, 0.5) is 0 Å². The van der Waals surface area contributed by atoms with Crippen molar-refractivity contribution in [2.45, 2.75) is 26.3 Å². The van der Waals surface area contributed by atoms with Crippen LogP contribution in [-0.2, 0) is 0 Å². The number of oxazole rings is 1. The summed E-state index contributed by atoms with van der Waals surface area (Å²) in [4.78, 5) is 17.2. The van der Waals surface area contributed by atoms with Gasteiger partial charge in [-0.15, -0.1) is 0 Å². The molecule has 5 heteroatoms. The van der Waals surface area contributed by atoms with E-state index in [-0.39, 0.29) is 18.3 Å². The largest absolute Gasteiger partial charge is 0.438 e. The number of carbonyl (C=O) groups excluding carboxylic acids is 1. The zero-order chi connectivity index (χ0) is 11.6. The predicted molar refractivity (Wildman–Crippen MR) is 54.5 cm³/mol. The molecule has 84 valence electrons. The number of aliphatic hydroxyl groups excluding tert-OH is 1. The van der Waals surface area contributed by atoms with Crippen LogP contribution in [0, 0.1) is 6.92 Å². The van der Waals surface area contributed by atoms with Crippen LogP contribution in [0.25, 0.3) is 0 Å². The molecule has 0 bridgehead atoms. The molecule has 0 fully saturated rings. The molecule has 0 aliphatic carbocycles. The highest BCUT2D eigenvalue weighted by Gasteiger charge is 2.30. The number of aliphatic hydroxyl groups is 1. The first-order valence-corrected chi connectivity index (χ1v) is 4.69. The Bertz CT molecular complexity index is 357. The van der Waals surface area contributed by atoms with Crippen LogP contribution >= 0.6 is 0 Å². The Labute approximate surface area is 88.7 Å². The zero-order valence-corrected chi connectivity index (χ0v) is 9.44. The molecule has 1 N–H and O–H groups in total. The van der Waals surface area contributed by atoms with Crippen molar-refractivity contribution in [3.63, 3.8) is 0 Å². The molecular weight excluding hydrogens is 196 g/mol. The van der Waals surface area contributed by atoms with Crippen molar-refractivity contribution in [1.29, 1.82) is 0 Å². The molecule has 1 aromatic rings. The van der Waals surface area contributed by atoms with Gasteiger partial charge in [-0.1, -0.05) is 0 Å². The highest BCUT2D eigenvalue weighted by atomic mass is 16.3. The van der Waals surface area contributed by atoms with Crippen LogP contribution in [0.3, 0.4) is 0 Å². The molecule has 1 rings (SSSR count). The van der Waals surface area contributed by atoms with Crippen LogP contribution < -0.4 is 0 Å². The quantitative estimate of drug-likeness (QED) is 0.805. The second-order valence-electron chi connectivity index (χ2n) is 4.10. The van der Waals surface area contributed by atoms with Crippen LogP contribution in [0.1, 0.15) is 30.1 Å². The van der Waals surface area contributed by atoms with Crippen LogP contribution in [0.2, 0.25) is 0 Å². The number of likely N-dealkylation sites (N-methyl/N-ethyl adjacent to an activating group) is 1. The van der Waals surface area contributed by atoms with Crippen molar-refractivity contribution in [3.05, 3.63) is 17.8 Å².